The molecule has 0 spiro atoms. The highest BCUT2D eigenvalue weighted by Crippen LogP contribution is 2.17. The van der Waals surface area contributed by atoms with Crippen molar-refractivity contribution in [3.05, 3.63) is 35.6 Å². The van der Waals surface area contributed by atoms with Crippen LogP contribution in [0.15, 0.2) is 24.3 Å². The van der Waals surface area contributed by atoms with E-state index in [9.17, 15) is 23.9 Å². The number of carbonyl (C=O) groups is 3. The number of hydrogen-bond donors (Lipinski definition) is 2. The summed E-state index contributed by atoms with van der Waals surface area (Å²) < 4.78 is 18.2. The summed E-state index contributed by atoms with van der Waals surface area (Å²) in [6, 6.07) is 4.63. The molecule has 0 aliphatic heterocycles. The Morgan fingerprint density at radius 1 is 1.15 bits per heavy atom. The second-order valence-corrected chi connectivity index (χ2v) is 7.90. The number of ketones is 1. The lowest BCUT2D eigenvalue weighted by Gasteiger charge is -2.25. The third kappa shape index (κ3) is 8.19. The Labute approximate surface area is 159 Å². The van der Waals surface area contributed by atoms with Crippen LogP contribution < -0.4 is 5.32 Å². The van der Waals surface area contributed by atoms with Gasteiger partial charge in [0.15, 0.2) is 5.78 Å². The van der Waals surface area contributed by atoms with E-state index < -0.39 is 35.4 Å². The summed E-state index contributed by atoms with van der Waals surface area (Å²) in [7, 11) is 0. The normalized spacial score (nSPS) is 13.7. The Kier molecular flexibility index (Phi) is 7.94. The number of aliphatic carboxylic acids is 1. The monoisotopic (exact) mass is 381 g/mol. The van der Waals surface area contributed by atoms with E-state index in [4.69, 9.17) is 4.74 Å². The molecule has 0 saturated heterocycles. The molecule has 27 heavy (non-hydrogen) atoms. The van der Waals surface area contributed by atoms with Gasteiger partial charge in [0.05, 0.1) is 12.0 Å². The highest BCUT2D eigenvalue weighted by Gasteiger charge is 2.30. The average Bonchev–Trinajstić information content (AvgIpc) is 2.51. The highest BCUT2D eigenvalue weighted by molar-refractivity contribution is 5.90. The number of rotatable bonds is 8. The fraction of sp³-hybridized carbons (Fsp3) is 0.550. The van der Waals surface area contributed by atoms with E-state index in [1.165, 1.54) is 24.3 Å². The highest BCUT2D eigenvalue weighted by atomic mass is 19.1. The van der Waals surface area contributed by atoms with Crippen molar-refractivity contribution in [1.29, 1.82) is 0 Å². The molecule has 0 radical (unpaired) electrons. The molecule has 0 heterocycles. The fourth-order valence-electron chi connectivity index (χ4n) is 2.58. The summed E-state index contributed by atoms with van der Waals surface area (Å²) in [5.74, 6) is -3.11. The van der Waals surface area contributed by atoms with Gasteiger partial charge in [0.25, 0.3) is 0 Å². The van der Waals surface area contributed by atoms with Gasteiger partial charge >= 0.3 is 12.1 Å². The van der Waals surface area contributed by atoms with Crippen molar-refractivity contribution in [3.8, 4) is 0 Å². The fourth-order valence-corrected chi connectivity index (χ4v) is 2.58. The number of hydrogen-bond acceptors (Lipinski definition) is 4. The first kappa shape index (κ1) is 22.6. The standard InChI is InChI=1S/C20H28FNO5/c1-12(2)17(22-19(26)27-20(3,4)5)16(23)11-14(18(24)25)10-13-6-8-15(21)9-7-13/h6-9,12,14,17H,10-11H2,1-5H3,(H,22,26)(H,24,25). The minimum absolute atomic E-state index is 0.0958. The molecule has 1 aromatic carbocycles. The maximum absolute atomic E-state index is 13.0. The van der Waals surface area contributed by atoms with Crippen LogP contribution in [0, 0.1) is 17.7 Å². The van der Waals surface area contributed by atoms with Crippen molar-refractivity contribution in [2.45, 2.75) is 59.1 Å². The van der Waals surface area contributed by atoms with Crippen molar-refractivity contribution in [3.63, 3.8) is 0 Å². The minimum Gasteiger partial charge on any atom is -0.481 e. The molecule has 2 N–H and O–H groups in total. The van der Waals surface area contributed by atoms with Crippen LogP contribution >= 0.6 is 0 Å². The molecule has 2 atom stereocenters. The van der Waals surface area contributed by atoms with Gasteiger partial charge in [-0.05, 0) is 50.8 Å². The summed E-state index contributed by atoms with van der Waals surface area (Å²) in [6.07, 6.45) is -0.871. The number of carbonyl (C=O) groups excluding carboxylic acids is 2. The van der Waals surface area contributed by atoms with E-state index in [1.54, 1.807) is 34.6 Å². The third-order valence-corrected chi connectivity index (χ3v) is 3.88. The van der Waals surface area contributed by atoms with Gasteiger partial charge in [-0.1, -0.05) is 26.0 Å². The van der Waals surface area contributed by atoms with Crippen LogP contribution in [0.4, 0.5) is 9.18 Å². The number of carboxylic acids is 1. The number of amides is 1. The van der Waals surface area contributed by atoms with Crippen LogP contribution in [0.2, 0.25) is 0 Å². The average molecular weight is 381 g/mol. The molecule has 0 bridgehead atoms. The number of halogens is 1. The van der Waals surface area contributed by atoms with Crippen molar-refractivity contribution in [2.75, 3.05) is 0 Å². The molecule has 7 heteroatoms. The Balaban J connectivity index is 2.82. The van der Waals surface area contributed by atoms with Crippen LogP contribution in [-0.4, -0.2) is 34.6 Å². The van der Waals surface area contributed by atoms with Gasteiger partial charge in [-0.15, -0.1) is 0 Å². The Bertz CT molecular complexity index is 664. The van der Waals surface area contributed by atoms with E-state index in [1.807, 2.05) is 0 Å². The van der Waals surface area contributed by atoms with Crippen molar-refractivity contribution >= 4 is 17.8 Å². The van der Waals surface area contributed by atoms with Crippen molar-refractivity contribution in [2.24, 2.45) is 11.8 Å². The van der Waals surface area contributed by atoms with Crippen LogP contribution in [-0.2, 0) is 20.7 Å². The predicted octanol–water partition coefficient (Wildman–Crippen LogP) is 3.58. The third-order valence-electron chi connectivity index (χ3n) is 3.88. The summed E-state index contributed by atoms with van der Waals surface area (Å²) in [4.78, 5) is 36.2. The molecule has 0 fully saturated rings. The SMILES string of the molecule is CC(C)C(NC(=O)OC(C)(C)C)C(=O)CC(Cc1ccc(F)cc1)C(=O)O. The van der Waals surface area contributed by atoms with E-state index in [0.717, 1.165) is 0 Å². The molecule has 0 aliphatic carbocycles. The summed E-state index contributed by atoms with van der Waals surface area (Å²) in [5, 5.41) is 12.0. The van der Waals surface area contributed by atoms with Crippen LogP contribution in [0.3, 0.4) is 0 Å². The second kappa shape index (κ2) is 9.48. The van der Waals surface area contributed by atoms with Gasteiger partial charge in [-0.25, -0.2) is 9.18 Å². The van der Waals surface area contributed by atoms with E-state index in [-0.39, 0.29) is 24.5 Å². The smallest absolute Gasteiger partial charge is 0.408 e. The maximum Gasteiger partial charge on any atom is 0.408 e. The summed E-state index contributed by atoms with van der Waals surface area (Å²) >= 11 is 0. The van der Waals surface area contributed by atoms with E-state index >= 15 is 0 Å². The Hall–Kier alpha value is -2.44. The lowest BCUT2D eigenvalue weighted by Crippen LogP contribution is -2.47. The molecule has 0 saturated carbocycles. The number of Topliss-reactive ketones (excluding diaryl/α,β-unsaturated/α-hetero) is 1. The van der Waals surface area contributed by atoms with Gasteiger partial charge < -0.3 is 15.2 Å². The van der Waals surface area contributed by atoms with Crippen LogP contribution in [0.25, 0.3) is 0 Å². The molecule has 1 amide bonds. The molecule has 1 rings (SSSR count). The Morgan fingerprint density at radius 3 is 2.15 bits per heavy atom. The quantitative estimate of drug-likeness (QED) is 0.718. The molecular weight excluding hydrogens is 353 g/mol. The van der Waals surface area contributed by atoms with Crippen LogP contribution in [0.1, 0.15) is 46.6 Å². The lowest BCUT2D eigenvalue weighted by atomic mass is 9.89. The van der Waals surface area contributed by atoms with Crippen LogP contribution in [0.5, 0.6) is 0 Å². The van der Waals surface area contributed by atoms with Gasteiger partial charge in [0, 0.05) is 6.42 Å². The first-order valence-electron chi connectivity index (χ1n) is 8.88. The maximum atomic E-state index is 13.0. The van der Waals surface area contributed by atoms with E-state index in [0.29, 0.717) is 5.56 Å². The number of nitrogens with one attached hydrogen (secondary N) is 1. The Morgan fingerprint density at radius 2 is 1.70 bits per heavy atom. The van der Waals surface area contributed by atoms with Gasteiger partial charge in [0.1, 0.15) is 11.4 Å². The van der Waals surface area contributed by atoms with Crippen molar-refractivity contribution in [1.82, 2.24) is 5.32 Å². The van der Waals surface area contributed by atoms with Gasteiger partial charge in [-0.3, -0.25) is 9.59 Å². The molecule has 2 unspecified atom stereocenters. The number of ether oxygens (including phenoxy) is 1. The molecule has 0 aromatic heterocycles. The number of carboxylic acid groups (broad SMARTS) is 1. The zero-order valence-corrected chi connectivity index (χ0v) is 16.4. The molecule has 150 valence electrons. The largest absolute Gasteiger partial charge is 0.481 e. The lowest BCUT2D eigenvalue weighted by molar-refractivity contribution is -0.144. The topological polar surface area (TPSA) is 92.7 Å². The first-order valence-corrected chi connectivity index (χ1v) is 8.88. The molecular formula is C20H28FNO5. The molecule has 1 aromatic rings. The summed E-state index contributed by atoms with van der Waals surface area (Å²) in [6.45, 7) is 8.65. The second-order valence-electron chi connectivity index (χ2n) is 7.90. The molecule has 0 aliphatic rings. The predicted molar refractivity (Wildman–Crippen MR) is 98.8 cm³/mol. The zero-order valence-electron chi connectivity index (χ0n) is 16.4. The first-order chi connectivity index (χ1) is 12.4. The minimum atomic E-state index is -1.12. The van der Waals surface area contributed by atoms with E-state index in [2.05, 4.69) is 5.32 Å². The molecule has 6 nitrogen and oxygen atoms in total. The number of benzene rings is 1. The van der Waals surface area contributed by atoms with Crippen molar-refractivity contribution < 1.29 is 28.6 Å². The summed E-state index contributed by atoms with van der Waals surface area (Å²) in [5.41, 5.74) is -0.0845. The van der Waals surface area contributed by atoms with Gasteiger partial charge in [0.2, 0.25) is 0 Å². The van der Waals surface area contributed by atoms with Gasteiger partial charge in [-0.2, -0.15) is 0 Å². The number of alkyl carbamates (subject to hydrolysis) is 1. The zero-order chi connectivity index (χ0) is 20.8.